The molecule has 1 aliphatic heterocycles. The van der Waals surface area contributed by atoms with Crippen LogP contribution < -0.4 is 0 Å². The topological polar surface area (TPSA) is 101 Å². The van der Waals surface area contributed by atoms with Crippen molar-refractivity contribution in [3.05, 3.63) is 0 Å². The van der Waals surface area contributed by atoms with Crippen LogP contribution >= 0.6 is 0 Å². The summed E-state index contributed by atoms with van der Waals surface area (Å²) in [5.74, 6) is -0.0916. The number of aliphatic hydroxyl groups is 3. The van der Waals surface area contributed by atoms with Gasteiger partial charge in [-0.25, -0.2) is 0 Å². The molecule has 1 saturated heterocycles. The van der Waals surface area contributed by atoms with Gasteiger partial charge in [-0.2, -0.15) is 0 Å². The average molecular weight is 468 g/mol. The minimum atomic E-state index is -1.52. The maximum absolute atomic E-state index is 13.0. The first-order valence-corrected chi connectivity index (χ1v) is 12.7. The maximum Gasteiger partial charge on any atom is 0.136 e. The summed E-state index contributed by atoms with van der Waals surface area (Å²) in [6.45, 7) is 3.59. The third kappa shape index (κ3) is 2.16. The molecule has 0 aromatic heterocycles. The lowest BCUT2D eigenvalue weighted by Crippen LogP contribution is -2.82. The van der Waals surface area contributed by atoms with Gasteiger partial charge in [0.25, 0.3) is 0 Å². The van der Waals surface area contributed by atoms with Crippen LogP contribution in [-0.2, 0) is 18.9 Å². The molecule has 0 radical (unpaired) electrons. The molecule has 7 bridgehead atoms. The van der Waals surface area contributed by atoms with Crippen molar-refractivity contribution in [2.75, 3.05) is 48.1 Å². The van der Waals surface area contributed by atoms with Gasteiger partial charge in [-0.05, 0) is 31.7 Å². The van der Waals surface area contributed by atoms with E-state index < -0.39 is 28.1 Å². The largest absolute Gasteiger partial charge is 0.396 e. The second-order valence-electron chi connectivity index (χ2n) is 11.8. The smallest absolute Gasteiger partial charge is 0.136 e. The summed E-state index contributed by atoms with van der Waals surface area (Å²) >= 11 is 0. The van der Waals surface area contributed by atoms with E-state index in [4.69, 9.17) is 18.9 Å². The molecule has 5 aliphatic carbocycles. The second-order valence-corrected chi connectivity index (χ2v) is 11.8. The van der Waals surface area contributed by atoms with Gasteiger partial charge in [-0.15, -0.1) is 0 Å². The highest BCUT2D eigenvalue weighted by atomic mass is 16.5. The van der Waals surface area contributed by atoms with Gasteiger partial charge in [0.2, 0.25) is 0 Å². The Balaban J connectivity index is 1.68. The van der Waals surface area contributed by atoms with Crippen molar-refractivity contribution in [3.8, 4) is 0 Å². The van der Waals surface area contributed by atoms with Crippen molar-refractivity contribution in [1.29, 1.82) is 0 Å². The fourth-order valence-corrected chi connectivity index (χ4v) is 11.0. The van der Waals surface area contributed by atoms with Gasteiger partial charge < -0.3 is 34.3 Å². The van der Waals surface area contributed by atoms with Crippen molar-refractivity contribution in [1.82, 2.24) is 4.90 Å². The summed E-state index contributed by atoms with van der Waals surface area (Å²) < 4.78 is 24.5. The molecule has 33 heavy (non-hydrogen) atoms. The van der Waals surface area contributed by atoms with Crippen LogP contribution in [0.2, 0.25) is 0 Å². The van der Waals surface area contributed by atoms with E-state index >= 15 is 0 Å². The van der Waals surface area contributed by atoms with Crippen LogP contribution in [0.15, 0.2) is 0 Å². The van der Waals surface area contributed by atoms with Gasteiger partial charge in [0, 0.05) is 70.0 Å². The van der Waals surface area contributed by atoms with E-state index in [1.54, 1.807) is 28.4 Å². The zero-order valence-corrected chi connectivity index (χ0v) is 20.6. The quantitative estimate of drug-likeness (QED) is 0.512. The highest BCUT2D eigenvalue weighted by molar-refractivity contribution is 5.41. The summed E-state index contributed by atoms with van der Waals surface area (Å²) in [4.78, 5) is 2.33. The first kappa shape index (κ1) is 23.1. The number of methoxy groups -OCH3 is 4. The lowest BCUT2D eigenvalue weighted by Gasteiger charge is -2.70. The fraction of sp³-hybridized carbons (Fsp3) is 1.00. The Labute approximate surface area is 196 Å². The summed E-state index contributed by atoms with van der Waals surface area (Å²) in [6, 6.07) is -0.312. The molecule has 0 aromatic carbocycles. The van der Waals surface area contributed by atoms with E-state index in [0.29, 0.717) is 13.0 Å². The molecule has 1 spiro atoms. The van der Waals surface area contributed by atoms with Crippen LogP contribution in [0, 0.1) is 34.5 Å². The van der Waals surface area contributed by atoms with Gasteiger partial charge >= 0.3 is 0 Å². The van der Waals surface area contributed by atoms with Crippen molar-refractivity contribution < 1.29 is 34.3 Å². The molecule has 188 valence electrons. The highest BCUT2D eigenvalue weighted by Crippen LogP contribution is 2.80. The van der Waals surface area contributed by atoms with Crippen molar-refractivity contribution in [2.24, 2.45) is 34.5 Å². The van der Waals surface area contributed by atoms with Gasteiger partial charge in [0.1, 0.15) is 11.2 Å². The number of hydrogen-bond acceptors (Lipinski definition) is 8. The zero-order valence-electron chi connectivity index (χ0n) is 20.6. The minimum Gasteiger partial charge on any atom is -0.396 e. The second kappa shape index (κ2) is 7.13. The average Bonchev–Trinajstić information content (AvgIpc) is 3.24. The molecule has 13 atom stereocenters. The molecule has 5 saturated carbocycles. The van der Waals surface area contributed by atoms with E-state index in [0.717, 1.165) is 25.8 Å². The maximum atomic E-state index is 13.0. The monoisotopic (exact) mass is 467 g/mol. The predicted molar refractivity (Wildman–Crippen MR) is 119 cm³/mol. The number of fused-ring (bicyclic) bond motifs is 2. The fourth-order valence-electron chi connectivity index (χ4n) is 11.0. The molecule has 3 unspecified atom stereocenters. The molecule has 6 fully saturated rings. The van der Waals surface area contributed by atoms with Crippen LogP contribution in [0.25, 0.3) is 0 Å². The number of nitrogens with zero attached hydrogens (tertiary/aromatic N) is 1. The Hall–Kier alpha value is -0.320. The Kier molecular flexibility index (Phi) is 4.99. The van der Waals surface area contributed by atoms with Crippen LogP contribution in [0.1, 0.15) is 32.6 Å². The first-order valence-electron chi connectivity index (χ1n) is 12.7. The van der Waals surface area contributed by atoms with E-state index in [1.165, 1.54) is 0 Å². The normalized spacial score (nSPS) is 60.9. The number of hydrogen-bond donors (Lipinski definition) is 3. The molecule has 6 rings (SSSR count). The van der Waals surface area contributed by atoms with Crippen molar-refractivity contribution in [2.45, 2.75) is 74.3 Å². The number of aliphatic hydroxyl groups excluding tert-OH is 1. The molecule has 0 amide bonds. The summed E-state index contributed by atoms with van der Waals surface area (Å²) in [6.07, 6.45) is 1.81. The van der Waals surface area contributed by atoms with E-state index in [2.05, 4.69) is 11.8 Å². The third-order valence-corrected chi connectivity index (χ3v) is 11.6. The number of ether oxygens (including phenoxy) is 4. The zero-order chi connectivity index (χ0) is 23.6. The van der Waals surface area contributed by atoms with Gasteiger partial charge in [0.05, 0.1) is 37.1 Å². The number of rotatable bonds is 6. The summed E-state index contributed by atoms with van der Waals surface area (Å²) in [5, 5.41) is 36.6. The molecule has 0 aromatic rings. The summed E-state index contributed by atoms with van der Waals surface area (Å²) in [5.41, 5.74) is -3.78. The molecule has 6 aliphatic rings. The molecular weight excluding hydrogens is 426 g/mol. The van der Waals surface area contributed by atoms with Gasteiger partial charge in [0.15, 0.2) is 0 Å². The third-order valence-electron chi connectivity index (χ3n) is 11.6. The lowest BCUT2D eigenvalue weighted by molar-refractivity contribution is -0.320. The van der Waals surface area contributed by atoms with Crippen LogP contribution in [-0.4, -0.2) is 110 Å². The Bertz CT molecular complexity index is 814. The number of likely N-dealkylation sites (tertiary alicyclic amines) is 1. The molecule has 3 N–H and O–H groups in total. The van der Waals surface area contributed by atoms with E-state index in [-0.39, 0.29) is 54.6 Å². The Morgan fingerprint density at radius 1 is 1.03 bits per heavy atom. The van der Waals surface area contributed by atoms with Crippen LogP contribution in [0.5, 0.6) is 0 Å². The first-order chi connectivity index (χ1) is 15.8. The molecule has 8 heteroatoms. The highest BCUT2D eigenvalue weighted by Gasteiger charge is 2.91. The molecule has 8 nitrogen and oxygen atoms in total. The van der Waals surface area contributed by atoms with Crippen LogP contribution in [0.3, 0.4) is 0 Å². The van der Waals surface area contributed by atoms with Gasteiger partial charge in [-0.1, -0.05) is 6.92 Å². The standard InChI is InChI=1S/C25H41NO7/c1-6-26-11-22(12-27)8-7-16(31-3)24-14-9-13-15(30-2)10-23(28,17(14)18(13)32-4)25(29,21(24)26)20(33-5)19(22)24/h13-21,27-29H,6-12H2,1-5H3/t13-,14-,15+,16+,17-,18+,19?,20?,21?,22+,23-,24+,25+/m1/s1. The molecule has 1 heterocycles. The van der Waals surface area contributed by atoms with Crippen LogP contribution in [0.4, 0.5) is 0 Å². The number of piperidine rings is 1. The molecular formula is C25H41NO7. The van der Waals surface area contributed by atoms with E-state index in [9.17, 15) is 15.3 Å². The Morgan fingerprint density at radius 3 is 2.36 bits per heavy atom. The number of likely N-dealkylation sites (N-methyl/N-ethyl adjacent to an activating group) is 1. The SMILES string of the molecule is CCN1C[C@]2(CO)CC[C@H](OC)[C@@]34C2C(OC)[C@](O)(C13)[C@@]1(O)C[C@H](OC)[C@H]2C[C@@H]4[C@@H]1[C@H]2OC. The van der Waals surface area contributed by atoms with Crippen molar-refractivity contribution >= 4 is 0 Å². The minimum absolute atomic E-state index is 0.0443. The van der Waals surface area contributed by atoms with Crippen molar-refractivity contribution in [3.63, 3.8) is 0 Å². The van der Waals surface area contributed by atoms with Gasteiger partial charge in [-0.3, -0.25) is 4.90 Å². The Morgan fingerprint density at radius 2 is 1.79 bits per heavy atom. The predicted octanol–water partition coefficient (Wildman–Crippen LogP) is 0.271. The lowest BCUT2D eigenvalue weighted by atomic mass is 9.42. The summed E-state index contributed by atoms with van der Waals surface area (Å²) in [7, 11) is 6.85. The van der Waals surface area contributed by atoms with E-state index in [1.807, 2.05) is 0 Å².